The average molecular weight is 307 g/mol. The van der Waals surface area contributed by atoms with Crippen LogP contribution < -0.4 is 0 Å². The lowest BCUT2D eigenvalue weighted by Gasteiger charge is -2.09. The Hall–Kier alpha value is -2.95. The molecule has 3 rings (SSSR count). The van der Waals surface area contributed by atoms with Crippen molar-refractivity contribution < 1.29 is 9.90 Å². The molecule has 2 aromatic carbocycles. The van der Waals surface area contributed by atoms with Crippen LogP contribution in [-0.2, 0) is 13.0 Å². The van der Waals surface area contributed by atoms with E-state index in [-0.39, 0.29) is 5.69 Å². The molecule has 0 saturated carbocycles. The highest BCUT2D eigenvalue weighted by Crippen LogP contribution is 2.16. The molecule has 0 radical (unpaired) electrons. The fraction of sp³-hybridized carbons (Fsp3) is 0.167. The number of benzene rings is 2. The van der Waals surface area contributed by atoms with Gasteiger partial charge in [-0.3, -0.25) is 0 Å². The van der Waals surface area contributed by atoms with E-state index < -0.39 is 5.97 Å². The molecule has 0 unspecified atom stereocenters. The molecule has 0 aliphatic heterocycles. The highest BCUT2D eigenvalue weighted by Gasteiger charge is 2.19. The van der Waals surface area contributed by atoms with E-state index in [0.717, 1.165) is 16.7 Å². The largest absolute Gasteiger partial charge is 0.476 e. The highest BCUT2D eigenvalue weighted by atomic mass is 16.4. The van der Waals surface area contributed by atoms with Gasteiger partial charge in [0.15, 0.2) is 5.69 Å². The summed E-state index contributed by atoms with van der Waals surface area (Å²) in [7, 11) is 0. The summed E-state index contributed by atoms with van der Waals surface area (Å²) in [6, 6.07) is 17.7. The Morgan fingerprint density at radius 3 is 2.48 bits per heavy atom. The van der Waals surface area contributed by atoms with E-state index in [2.05, 4.69) is 10.3 Å². The summed E-state index contributed by atoms with van der Waals surface area (Å²) >= 11 is 0. The van der Waals surface area contributed by atoms with Crippen LogP contribution in [0.1, 0.15) is 32.9 Å². The number of rotatable bonds is 5. The van der Waals surface area contributed by atoms with Crippen LogP contribution >= 0.6 is 0 Å². The lowest BCUT2D eigenvalue weighted by molar-refractivity contribution is 0.0689. The summed E-state index contributed by atoms with van der Waals surface area (Å²) in [6.07, 6.45) is 0.487. The molecule has 1 aromatic heterocycles. The molecule has 5 heteroatoms. The molecule has 0 fully saturated rings. The number of nitrogens with zero attached hydrogens (tertiary/aromatic N) is 3. The van der Waals surface area contributed by atoms with Crippen molar-refractivity contribution in [2.45, 2.75) is 19.9 Å². The van der Waals surface area contributed by atoms with Crippen molar-refractivity contribution >= 4 is 5.97 Å². The minimum atomic E-state index is -1.05. The van der Waals surface area contributed by atoms with Crippen molar-refractivity contribution in [2.75, 3.05) is 0 Å². The molecule has 1 N–H and O–H groups in total. The van der Waals surface area contributed by atoms with Crippen LogP contribution in [0.3, 0.4) is 0 Å². The molecular formula is C18H17N3O2. The quantitative estimate of drug-likeness (QED) is 0.787. The number of hydrogen-bond donors (Lipinski definition) is 1. The van der Waals surface area contributed by atoms with Gasteiger partial charge in [-0.05, 0) is 23.6 Å². The van der Waals surface area contributed by atoms with E-state index in [1.165, 1.54) is 0 Å². The van der Waals surface area contributed by atoms with Crippen LogP contribution in [0.2, 0.25) is 0 Å². The first-order valence-corrected chi connectivity index (χ1v) is 7.39. The molecule has 0 bridgehead atoms. The molecule has 0 spiro atoms. The van der Waals surface area contributed by atoms with Crippen molar-refractivity contribution in [1.29, 1.82) is 0 Å². The van der Waals surface area contributed by atoms with Gasteiger partial charge in [-0.15, -0.1) is 5.10 Å². The third-order valence-corrected chi connectivity index (χ3v) is 3.84. The molecule has 23 heavy (non-hydrogen) atoms. The Bertz CT molecular complexity index is 825. The summed E-state index contributed by atoms with van der Waals surface area (Å²) in [5.74, 6) is -1.05. The lowest BCUT2D eigenvalue weighted by Crippen LogP contribution is -2.10. The Morgan fingerprint density at radius 1 is 1.09 bits per heavy atom. The molecule has 0 aliphatic rings. The van der Waals surface area contributed by atoms with E-state index in [0.29, 0.717) is 18.7 Å². The fourth-order valence-corrected chi connectivity index (χ4v) is 2.54. The lowest BCUT2D eigenvalue weighted by atomic mass is 10.1. The minimum Gasteiger partial charge on any atom is -0.476 e. The van der Waals surface area contributed by atoms with Crippen molar-refractivity contribution in [2.24, 2.45) is 0 Å². The van der Waals surface area contributed by atoms with Crippen molar-refractivity contribution in [3.63, 3.8) is 0 Å². The third-order valence-electron chi connectivity index (χ3n) is 3.84. The van der Waals surface area contributed by atoms with Crippen LogP contribution in [0, 0.1) is 6.92 Å². The van der Waals surface area contributed by atoms with E-state index in [4.69, 9.17) is 0 Å². The molecule has 3 aromatic rings. The van der Waals surface area contributed by atoms with E-state index in [1.54, 1.807) is 4.68 Å². The number of hydrogen-bond acceptors (Lipinski definition) is 3. The van der Waals surface area contributed by atoms with Gasteiger partial charge in [-0.2, -0.15) is 0 Å². The average Bonchev–Trinajstić information content (AvgIpc) is 2.93. The molecule has 116 valence electrons. The van der Waals surface area contributed by atoms with Gasteiger partial charge in [-0.25, -0.2) is 9.48 Å². The second-order valence-electron chi connectivity index (χ2n) is 5.44. The van der Waals surface area contributed by atoms with Gasteiger partial charge in [0.05, 0.1) is 12.2 Å². The zero-order valence-electron chi connectivity index (χ0n) is 12.8. The van der Waals surface area contributed by atoms with Crippen LogP contribution in [0.5, 0.6) is 0 Å². The molecule has 0 amide bonds. The SMILES string of the molecule is Cc1ccccc1Cn1nnc(C(=O)O)c1Cc1ccccc1. The number of carboxylic acid groups (broad SMARTS) is 1. The Kier molecular flexibility index (Phi) is 4.19. The monoisotopic (exact) mass is 307 g/mol. The maximum atomic E-state index is 11.4. The van der Waals surface area contributed by atoms with Crippen LogP contribution in [0.4, 0.5) is 0 Å². The maximum absolute atomic E-state index is 11.4. The number of aromatic carboxylic acids is 1. The van der Waals surface area contributed by atoms with Gasteiger partial charge in [0.1, 0.15) is 0 Å². The number of aromatic nitrogens is 3. The Morgan fingerprint density at radius 2 is 1.78 bits per heavy atom. The smallest absolute Gasteiger partial charge is 0.358 e. The van der Waals surface area contributed by atoms with Crippen LogP contribution in [0.25, 0.3) is 0 Å². The maximum Gasteiger partial charge on any atom is 0.358 e. The van der Waals surface area contributed by atoms with Crippen molar-refractivity contribution in [3.05, 3.63) is 82.7 Å². The Labute approximate surface area is 134 Å². The van der Waals surface area contributed by atoms with E-state index >= 15 is 0 Å². The summed E-state index contributed by atoms with van der Waals surface area (Å²) in [6.45, 7) is 2.54. The topological polar surface area (TPSA) is 68.0 Å². The van der Waals surface area contributed by atoms with E-state index in [1.807, 2.05) is 61.5 Å². The van der Waals surface area contributed by atoms with Crippen molar-refractivity contribution in [1.82, 2.24) is 15.0 Å². The van der Waals surface area contributed by atoms with Crippen LogP contribution in [0.15, 0.2) is 54.6 Å². The van der Waals surface area contributed by atoms with Gasteiger partial charge < -0.3 is 5.11 Å². The van der Waals surface area contributed by atoms with Gasteiger partial charge in [0.2, 0.25) is 0 Å². The Balaban J connectivity index is 1.97. The predicted molar refractivity (Wildman–Crippen MR) is 86.5 cm³/mol. The molecule has 0 saturated heterocycles. The predicted octanol–water partition coefficient (Wildman–Crippen LogP) is 2.92. The van der Waals surface area contributed by atoms with Gasteiger partial charge >= 0.3 is 5.97 Å². The summed E-state index contributed by atoms with van der Waals surface area (Å²) in [5.41, 5.74) is 3.91. The molecule has 1 heterocycles. The second kappa shape index (κ2) is 6.44. The van der Waals surface area contributed by atoms with E-state index in [9.17, 15) is 9.90 Å². The van der Waals surface area contributed by atoms with Gasteiger partial charge in [-0.1, -0.05) is 59.8 Å². The highest BCUT2D eigenvalue weighted by molar-refractivity contribution is 5.86. The third kappa shape index (κ3) is 3.29. The zero-order valence-corrected chi connectivity index (χ0v) is 12.8. The molecule has 0 atom stereocenters. The fourth-order valence-electron chi connectivity index (χ4n) is 2.54. The summed E-state index contributed by atoms with van der Waals surface area (Å²) in [4.78, 5) is 11.4. The minimum absolute atomic E-state index is 0.0161. The molecular weight excluding hydrogens is 290 g/mol. The number of carboxylic acids is 1. The number of aryl methyl sites for hydroxylation is 1. The van der Waals surface area contributed by atoms with Gasteiger partial charge in [0, 0.05) is 6.42 Å². The summed E-state index contributed by atoms with van der Waals surface area (Å²) < 4.78 is 1.68. The normalized spacial score (nSPS) is 10.7. The number of carbonyl (C=O) groups is 1. The first-order valence-electron chi connectivity index (χ1n) is 7.39. The first-order chi connectivity index (χ1) is 11.1. The standard InChI is InChI=1S/C18H17N3O2/c1-13-7-5-6-10-15(13)12-21-16(17(18(22)23)19-20-21)11-14-8-3-2-4-9-14/h2-10H,11-12H2,1H3,(H,22,23). The zero-order chi connectivity index (χ0) is 16.2. The second-order valence-corrected chi connectivity index (χ2v) is 5.44. The van der Waals surface area contributed by atoms with Gasteiger partial charge in [0.25, 0.3) is 0 Å². The molecule has 0 aliphatic carbocycles. The summed E-state index contributed by atoms with van der Waals surface area (Å²) in [5, 5.41) is 17.3. The molecule has 5 nitrogen and oxygen atoms in total. The first kappa shape index (κ1) is 15.0. The van der Waals surface area contributed by atoms with Crippen molar-refractivity contribution in [3.8, 4) is 0 Å². The van der Waals surface area contributed by atoms with Crippen LogP contribution in [-0.4, -0.2) is 26.1 Å².